The number of amides is 1. The third kappa shape index (κ3) is 7.46. The Balaban J connectivity index is 1.59. The molecule has 4 aromatic rings. The monoisotopic (exact) mass is 608 g/mol. The average Bonchev–Trinajstić information content (AvgIpc) is 3.39. The second-order valence-electron chi connectivity index (χ2n) is 8.91. The Morgan fingerprint density at radius 1 is 0.930 bits per heavy atom. The summed E-state index contributed by atoms with van der Waals surface area (Å²) in [5.41, 5.74) is -1.79. The van der Waals surface area contributed by atoms with Crippen LogP contribution in [0.25, 0.3) is 16.8 Å². The van der Waals surface area contributed by atoms with Crippen LogP contribution in [0.3, 0.4) is 0 Å². The van der Waals surface area contributed by atoms with Crippen LogP contribution in [0.4, 0.5) is 32.0 Å². The predicted octanol–water partition coefficient (Wildman–Crippen LogP) is 6.31. The number of rotatable bonds is 9. The van der Waals surface area contributed by atoms with Crippen molar-refractivity contribution in [1.82, 2.24) is 15.1 Å². The van der Waals surface area contributed by atoms with E-state index in [2.05, 4.69) is 15.2 Å². The molecule has 0 aliphatic rings. The number of carboxylic acid groups (broad SMARTS) is 1. The van der Waals surface area contributed by atoms with Crippen molar-refractivity contribution in [2.75, 3.05) is 0 Å². The van der Waals surface area contributed by atoms with Gasteiger partial charge >= 0.3 is 18.5 Å². The van der Waals surface area contributed by atoms with Crippen molar-refractivity contribution in [3.8, 4) is 22.6 Å². The number of aromatic nitrogens is 2. The van der Waals surface area contributed by atoms with Crippen LogP contribution in [0.2, 0.25) is 0 Å². The zero-order valence-corrected chi connectivity index (χ0v) is 21.4. The molecule has 2 N–H and O–H groups in total. The predicted molar refractivity (Wildman–Crippen MR) is 136 cm³/mol. The van der Waals surface area contributed by atoms with Gasteiger partial charge in [-0.15, -0.1) is 13.2 Å². The van der Waals surface area contributed by atoms with Crippen LogP contribution in [0.5, 0.6) is 5.75 Å². The van der Waals surface area contributed by atoms with Gasteiger partial charge in [0, 0.05) is 12.1 Å². The number of aliphatic carboxylic acids is 1. The van der Waals surface area contributed by atoms with E-state index >= 15 is 0 Å². The molecule has 0 aliphatic carbocycles. The van der Waals surface area contributed by atoms with Crippen molar-refractivity contribution in [3.63, 3.8) is 0 Å². The summed E-state index contributed by atoms with van der Waals surface area (Å²) in [6.07, 6.45) is -10.0. The Kier molecular flexibility index (Phi) is 8.40. The Hall–Kier alpha value is -5.41. The number of nitrogens with one attached hydrogen (secondary N) is 1. The van der Waals surface area contributed by atoms with Crippen LogP contribution in [-0.4, -0.2) is 38.0 Å². The van der Waals surface area contributed by atoms with Gasteiger partial charge in [-0.25, -0.2) is 4.68 Å². The van der Waals surface area contributed by atoms with Gasteiger partial charge in [-0.2, -0.15) is 18.3 Å². The van der Waals surface area contributed by atoms with Gasteiger partial charge in [0.25, 0.3) is 11.6 Å². The Morgan fingerprint density at radius 2 is 1.49 bits per heavy atom. The van der Waals surface area contributed by atoms with E-state index in [1.54, 1.807) is 0 Å². The molecule has 1 aromatic heterocycles. The summed E-state index contributed by atoms with van der Waals surface area (Å²) in [4.78, 5) is 34.7. The van der Waals surface area contributed by atoms with Crippen molar-refractivity contribution >= 4 is 17.6 Å². The summed E-state index contributed by atoms with van der Waals surface area (Å²) in [5.74, 6) is -3.09. The van der Waals surface area contributed by atoms with E-state index in [1.807, 2.05) is 0 Å². The number of non-ortho nitro benzene ring substituents is 1. The lowest BCUT2D eigenvalue weighted by molar-refractivity contribution is -0.384. The fraction of sp³-hybridized carbons (Fsp3) is 0.148. The van der Waals surface area contributed by atoms with E-state index in [-0.39, 0.29) is 16.9 Å². The molecule has 224 valence electrons. The quantitative estimate of drug-likeness (QED) is 0.129. The number of nitro groups is 1. The molecule has 0 spiro atoms. The van der Waals surface area contributed by atoms with Crippen molar-refractivity contribution < 1.29 is 50.7 Å². The minimum Gasteiger partial charge on any atom is -0.481 e. The highest BCUT2D eigenvalue weighted by Gasteiger charge is 2.41. The number of alkyl halides is 6. The fourth-order valence-electron chi connectivity index (χ4n) is 4.12. The molecule has 1 atom stereocenters. The topological polar surface area (TPSA) is 137 Å². The minimum absolute atomic E-state index is 0.215. The van der Waals surface area contributed by atoms with Crippen LogP contribution in [0.15, 0.2) is 79.0 Å². The maximum absolute atomic E-state index is 14.1. The maximum atomic E-state index is 14.1. The van der Waals surface area contributed by atoms with Gasteiger partial charge < -0.3 is 15.2 Å². The number of halogens is 6. The molecule has 16 heteroatoms. The molecule has 0 aliphatic heterocycles. The van der Waals surface area contributed by atoms with Crippen LogP contribution < -0.4 is 10.1 Å². The zero-order chi connectivity index (χ0) is 31.5. The number of carbonyl (C=O) groups excluding carboxylic acids is 1. The molecule has 0 saturated carbocycles. The van der Waals surface area contributed by atoms with Crippen LogP contribution >= 0.6 is 0 Å². The van der Waals surface area contributed by atoms with E-state index < -0.39 is 58.8 Å². The number of hydrogen-bond donors (Lipinski definition) is 2. The Labute approximate surface area is 237 Å². The molecule has 1 unspecified atom stereocenters. The first-order chi connectivity index (χ1) is 20.1. The Bertz CT molecular complexity index is 1630. The summed E-state index contributed by atoms with van der Waals surface area (Å²) in [7, 11) is 0. The SMILES string of the molecule is O=C(O)CC(NC(=O)c1cnn(-c2ccc([N+](=O)[O-])cc2)c1C(F)(F)F)c1ccc(-c2ccc(OC(F)(F)F)cc2)cc1. The molecule has 0 fully saturated rings. The molecular weight excluding hydrogens is 590 g/mol. The van der Waals surface area contributed by atoms with Gasteiger partial charge in [0.05, 0.1) is 34.8 Å². The number of benzene rings is 3. The maximum Gasteiger partial charge on any atom is 0.573 e. The first-order valence-corrected chi connectivity index (χ1v) is 12.0. The third-order valence-electron chi connectivity index (χ3n) is 6.01. The molecule has 0 bridgehead atoms. The van der Waals surface area contributed by atoms with Gasteiger partial charge in [0.1, 0.15) is 5.75 Å². The highest BCUT2D eigenvalue weighted by Crippen LogP contribution is 2.35. The van der Waals surface area contributed by atoms with Gasteiger partial charge in [-0.3, -0.25) is 19.7 Å². The van der Waals surface area contributed by atoms with Gasteiger partial charge in [-0.1, -0.05) is 36.4 Å². The lowest BCUT2D eigenvalue weighted by Gasteiger charge is -2.19. The van der Waals surface area contributed by atoms with Crippen LogP contribution in [-0.2, 0) is 11.0 Å². The van der Waals surface area contributed by atoms with E-state index in [4.69, 9.17) is 0 Å². The average molecular weight is 608 g/mol. The number of carboxylic acids is 1. The summed E-state index contributed by atoms with van der Waals surface area (Å²) in [6.45, 7) is 0. The molecule has 0 saturated heterocycles. The highest BCUT2D eigenvalue weighted by molar-refractivity contribution is 5.96. The fourth-order valence-corrected chi connectivity index (χ4v) is 4.12. The van der Waals surface area contributed by atoms with Gasteiger partial charge in [-0.05, 0) is 41.0 Å². The zero-order valence-electron chi connectivity index (χ0n) is 21.4. The second-order valence-corrected chi connectivity index (χ2v) is 8.91. The summed E-state index contributed by atoms with van der Waals surface area (Å²) in [6, 6.07) is 13.4. The van der Waals surface area contributed by atoms with Crippen molar-refractivity contribution in [1.29, 1.82) is 0 Å². The van der Waals surface area contributed by atoms with Crippen LogP contribution in [0, 0.1) is 10.1 Å². The van der Waals surface area contributed by atoms with Gasteiger partial charge in [0.2, 0.25) is 0 Å². The van der Waals surface area contributed by atoms with Crippen molar-refractivity contribution in [2.45, 2.75) is 25.0 Å². The number of nitrogens with zero attached hydrogens (tertiary/aromatic N) is 3. The molecule has 3 aromatic carbocycles. The summed E-state index contributed by atoms with van der Waals surface area (Å²) >= 11 is 0. The lowest BCUT2D eigenvalue weighted by atomic mass is 9.98. The van der Waals surface area contributed by atoms with Gasteiger partial charge in [0.15, 0.2) is 5.69 Å². The molecule has 1 amide bonds. The Morgan fingerprint density at radius 3 is 1.98 bits per heavy atom. The molecular formula is C27H18F6N4O6. The largest absolute Gasteiger partial charge is 0.573 e. The molecule has 0 radical (unpaired) electrons. The van der Waals surface area contributed by atoms with E-state index in [9.17, 15) is 51.2 Å². The lowest BCUT2D eigenvalue weighted by Crippen LogP contribution is -2.31. The van der Waals surface area contributed by atoms with Crippen LogP contribution in [0.1, 0.15) is 34.1 Å². The third-order valence-corrected chi connectivity index (χ3v) is 6.01. The summed E-state index contributed by atoms with van der Waals surface area (Å²) in [5, 5.41) is 26.2. The number of nitro benzene ring substituents is 1. The normalized spacial score (nSPS) is 12.4. The molecule has 10 nitrogen and oxygen atoms in total. The minimum atomic E-state index is -5.10. The number of carbonyl (C=O) groups is 2. The van der Waals surface area contributed by atoms with E-state index in [0.717, 1.165) is 36.4 Å². The first-order valence-electron chi connectivity index (χ1n) is 12.0. The molecule has 1 heterocycles. The molecule has 4 rings (SSSR count). The smallest absolute Gasteiger partial charge is 0.481 e. The van der Waals surface area contributed by atoms with E-state index in [0.29, 0.717) is 22.0 Å². The van der Waals surface area contributed by atoms with Crippen molar-refractivity contribution in [2.24, 2.45) is 0 Å². The second kappa shape index (κ2) is 11.8. The standard InChI is InChI=1S/C27H18F6N4O6/c28-26(29,30)24-21(14-34-36(24)18-7-9-19(10-8-18)37(41)42)25(40)35-22(13-23(38)39)17-3-1-15(2-4-17)16-5-11-20(12-6-16)43-27(31,32)33/h1-12,14,22H,13H2,(H,35,40)(H,38,39). The van der Waals surface area contributed by atoms with Crippen molar-refractivity contribution in [3.05, 3.63) is 106 Å². The highest BCUT2D eigenvalue weighted by atomic mass is 19.4. The number of ether oxygens (including phenoxy) is 1. The summed E-state index contributed by atoms with van der Waals surface area (Å²) < 4.78 is 83.6. The van der Waals surface area contributed by atoms with E-state index in [1.165, 1.54) is 36.4 Å². The molecule has 43 heavy (non-hydrogen) atoms. The number of hydrogen-bond acceptors (Lipinski definition) is 6. The first kappa shape index (κ1) is 30.5.